The fraction of sp³-hybridized carbons (Fsp3) is 0.294. The number of aldehydes is 1. The average Bonchev–Trinajstić information content (AvgIpc) is 2.74. The van der Waals surface area contributed by atoms with Gasteiger partial charge in [-0.2, -0.15) is 5.10 Å². The van der Waals surface area contributed by atoms with E-state index in [4.69, 9.17) is 5.73 Å². The summed E-state index contributed by atoms with van der Waals surface area (Å²) in [5.74, 6) is 0.387. The molecular weight excluding hydrogens is 262 g/mol. The normalized spacial score (nSPS) is 10.7. The number of aryl methyl sites for hydroxylation is 2. The van der Waals surface area contributed by atoms with Gasteiger partial charge in [0.25, 0.3) is 0 Å². The van der Waals surface area contributed by atoms with Gasteiger partial charge in [-0.15, -0.1) is 6.58 Å². The standard InChI is InChI=1S/C17H21N3O/c1-6-7-20-17(18)14(9-21)16(19-20)15-12(4)10(2)8-11(3)13(15)5/h6,8-9H,1,7,18H2,2-5H3. The summed E-state index contributed by atoms with van der Waals surface area (Å²) in [5, 5.41) is 4.53. The Bertz CT molecular complexity index is 700. The maximum atomic E-state index is 11.5. The Labute approximate surface area is 125 Å². The van der Waals surface area contributed by atoms with Gasteiger partial charge in [0.05, 0.1) is 12.1 Å². The molecule has 0 aliphatic carbocycles. The van der Waals surface area contributed by atoms with Crippen molar-refractivity contribution < 1.29 is 4.79 Å². The maximum absolute atomic E-state index is 11.5. The first-order valence-electron chi connectivity index (χ1n) is 6.92. The highest BCUT2D eigenvalue weighted by atomic mass is 16.1. The first-order valence-corrected chi connectivity index (χ1v) is 6.92. The molecule has 0 amide bonds. The SMILES string of the molecule is C=CCn1nc(-c2c(C)c(C)cc(C)c2C)c(C=O)c1N. The van der Waals surface area contributed by atoms with Crippen molar-refractivity contribution in [1.82, 2.24) is 9.78 Å². The van der Waals surface area contributed by atoms with E-state index in [1.54, 1.807) is 10.8 Å². The molecule has 1 aromatic carbocycles. The van der Waals surface area contributed by atoms with Gasteiger partial charge in [0, 0.05) is 5.56 Å². The summed E-state index contributed by atoms with van der Waals surface area (Å²) in [6, 6.07) is 2.15. The van der Waals surface area contributed by atoms with Gasteiger partial charge in [-0.3, -0.25) is 4.79 Å². The number of anilines is 1. The van der Waals surface area contributed by atoms with Crippen LogP contribution in [0.15, 0.2) is 18.7 Å². The van der Waals surface area contributed by atoms with Crippen LogP contribution in [0.4, 0.5) is 5.82 Å². The van der Waals surface area contributed by atoms with Crippen LogP contribution in [0, 0.1) is 27.7 Å². The highest BCUT2D eigenvalue weighted by Crippen LogP contribution is 2.34. The molecular formula is C17H21N3O. The Balaban J connectivity index is 2.81. The number of carbonyl (C=O) groups excluding carboxylic acids is 1. The Hall–Kier alpha value is -2.36. The molecule has 2 aromatic rings. The van der Waals surface area contributed by atoms with Crippen molar-refractivity contribution in [2.24, 2.45) is 0 Å². The second-order valence-corrected chi connectivity index (χ2v) is 5.37. The van der Waals surface area contributed by atoms with Crippen molar-refractivity contribution in [1.29, 1.82) is 0 Å². The van der Waals surface area contributed by atoms with Crippen LogP contribution in [-0.4, -0.2) is 16.1 Å². The van der Waals surface area contributed by atoms with Crippen molar-refractivity contribution in [2.75, 3.05) is 5.73 Å². The summed E-state index contributed by atoms with van der Waals surface area (Å²) in [6.07, 6.45) is 2.50. The third kappa shape index (κ3) is 2.37. The lowest BCUT2D eigenvalue weighted by molar-refractivity contribution is 0.112. The predicted molar refractivity (Wildman–Crippen MR) is 86.6 cm³/mol. The summed E-state index contributed by atoms with van der Waals surface area (Å²) < 4.78 is 1.61. The van der Waals surface area contributed by atoms with E-state index in [1.807, 2.05) is 0 Å². The van der Waals surface area contributed by atoms with E-state index in [1.165, 1.54) is 11.1 Å². The van der Waals surface area contributed by atoms with E-state index in [0.29, 0.717) is 23.6 Å². The molecule has 0 saturated carbocycles. The molecule has 0 aliphatic rings. The molecule has 0 atom stereocenters. The molecule has 21 heavy (non-hydrogen) atoms. The summed E-state index contributed by atoms with van der Waals surface area (Å²) in [5.41, 5.74) is 12.8. The largest absolute Gasteiger partial charge is 0.383 e. The number of rotatable bonds is 4. The molecule has 0 bridgehead atoms. The molecule has 110 valence electrons. The van der Waals surface area contributed by atoms with Gasteiger partial charge in [-0.1, -0.05) is 12.1 Å². The van der Waals surface area contributed by atoms with E-state index in [2.05, 4.69) is 45.4 Å². The Kier molecular flexibility index (Phi) is 3.98. The van der Waals surface area contributed by atoms with Crippen molar-refractivity contribution >= 4 is 12.1 Å². The number of carbonyl (C=O) groups is 1. The fourth-order valence-electron chi connectivity index (χ4n) is 2.62. The van der Waals surface area contributed by atoms with Crippen LogP contribution in [0.1, 0.15) is 32.6 Å². The third-order valence-corrected chi connectivity index (χ3v) is 4.05. The van der Waals surface area contributed by atoms with Gasteiger partial charge in [0.15, 0.2) is 6.29 Å². The van der Waals surface area contributed by atoms with Crippen LogP contribution in [-0.2, 0) is 6.54 Å². The predicted octanol–water partition coefficient (Wildman–Crippen LogP) is 3.36. The molecule has 0 fully saturated rings. The Morgan fingerprint density at radius 2 is 1.81 bits per heavy atom. The number of nitrogens with two attached hydrogens (primary N) is 1. The van der Waals surface area contributed by atoms with E-state index >= 15 is 0 Å². The van der Waals surface area contributed by atoms with Crippen LogP contribution in [0.2, 0.25) is 0 Å². The number of benzene rings is 1. The number of allylic oxidation sites excluding steroid dienone is 1. The second-order valence-electron chi connectivity index (χ2n) is 5.37. The van der Waals surface area contributed by atoms with E-state index in [-0.39, 0.29) is 0 Å². The quantitative estimate of drug-likeness (QED) is 0.691. The topological polar surface area (TPSA) is 60.9 Å². The first-order chi connectivity index (χ1) is 9.92. The monoisotopic (exact) mass is 283 g/mol. The van der Waals surface area contributed by atoms with Gasteiger partial charge in [-0.05, 0) is 49.9 Å². The van der Waals surface area contributed by atoms with E-state index in [0.717, 1.165) is 23.0 Å². The molecule has 0 radical (unpaired) electrons. The fourth-order valence-corrected chi connectivity index (χ4v) is 2.62. The first kappa shape index (κ1) is 15.0. The third-order valence-electron chi connectivity index (χ3n) is 4.05. The number of nitrogen functional groups attached to an aromatic ring is 1. The summed E-state index contributed by atoms with van der Waals surface area (Å²) in [4.78, 5) is 11.5. The zero-order chi connectivity index (χ0) is 15.7. The van der Waals surface area contributed by atoms with Crippen LogP contribution in [0.3, 0.4) is 0 Å². The zero-order valence-electron chi connectivity index (χ0n) is 13.0. The summed E-state index contributed by atoms with van der Waals surface area (Å²) in [6.45, 7) is 12.4. The Morgan fingerprint density at radius 1 is 1.24 bits per heavy atom. The molecule has 0 spiro atoms. The van der Waals surface area contributed by atoms with Gasteiger partial charge < -0.3 is 5.73 Å². The molecule has 0 aliphatic heterocycles. The second kappa shape index (κ2) is 5.56. The van der Waals surface area contributed by atoms with Crippen LogP contribution < -0.4 is 5.73 Å². The lowest BCUT2D eigenvalue weighted by atomic mass is 9.91. The van der Waals surface area contributed by atoms with Crippen LogP contribution >= 0.6 is 0 Å². The van der Waals surface area contributed by atoms with Gasteiger partial charge >= 0.3 is 0 Å². The molecule has 0 unspecified atom stereocenters. The van der Waals surface area contributed by atoms with Gasteiger partial charge in [-0.25, -0.2) is 4.68 Å². The van der Waals surface area contributed by atoms with Crippen molar-refractivity contribution in [3.05, 3.63) is 46.5 Å². The maximum Gasteiger partial charge on any atom is 0.156 e. The molecule has 2 N–H and O–H groups in total. The number of nitrogens with zero attached hydrogens (tertiary/aromatic N) is 2. The molecule has 4 heteroatoms. The molecule has 2 rings (SSSR count). The average molecular weight is 283 g/mol. The molecule has 1 aromatic heterocycles. The van der Waals surface area contributed by atoms with Gasteiger partial charge in [0.2, 0.25) is 0 Å². The summed E-state index contributed by atoms with van der Waals surface area (Å²) in [7, 11) is 0. The lowest BCUT2D eigenvalue weighted by Crippen LogP contribution is -2.03. The van der Waals surface area contributed by atoms with E-state index in [9.17, 15) is 4.79 Å². The molecule has 0 saturated heterocycles. The minimum atomic E-state index is 0.387. The van der Waals surface area contributed by atoms with E-state index < -0.39 is 0 Å². The highest BCUT2D eigenvalue weighted by molar-refractivity contribution is 5.93. The minimum Gasteiger partial charge on any atom is -0.383 e. The van der Waals surface area contributed by atoms with Crippen molar-refractivity contribution in [2.45, 2.75) is 34.2 Å². The molecule has 4 nitrogen and oxygen atoms in total. The molecule has 1 heterocycles. The van der Waals surface area contributed by atoms with Crippen molar-refractivity contribution in [3.63, 3.8) is 0 Å². The number of hydrogen-bond acceptors (Lipinski definition) is 3. The minimum absolute atomic E-state index is 0.387. The highest BCUT2D eigenvalue weighted by Gasteiger charge is 2.20. The smallest absolute Gasteiger partial charge is 0.156 e. The number of aromatic nitrogens is 2. The van der Waals surface area contributed by atoms with Gasteiger partial charge in [0.1, 0.15) is 11.5 Å². The number of hydrogen-bond donors (Lipinski definition) is 1. The van der Waals surface area contributed by atoms with Crippen LogP contribution in [0.5, 0.6) is 0 Å². The van der Waals surface area contributed by atoms with Crippen molar-refractivity contribution in [3.8, 4) is 11.3 Å². The van der Waals surface area contributed by atoms with Crippen LogP contribution in [0.25, 0.3) is 11.3 Å². The Morgan fingerprint density at radius 3 is 2.29 bits per heavy atom. The lowest BCUT2D eigenvalue weighted by Gasteiger charge is -2.14. The zero-order valence-corrected chi connectivity index (χ0v) is 13.0. The summed E-state index contributed by atoms with van der Waals surface area (Å²) >= 11 is 0.